The summed E-state index contributed by atoms with van der Waals surface area (Å²) in [4.78, 5) is 14.6. The van der Waals surface area contributed by atoms with E-state index in [4.69, 9.17) is 9.84 Å². The lowest BCUT2D eigenvalue weighted by atomic mass is 10.2. The largest absolute Gasteiger partial charge is 0.439 e. The zero-order chi connectivity index (χ0) is 21.8. The Morgan fingerprint density at radius 2 is 1.87 bits per heavy atom. The van der Waals surface area contributed by atoms with Crippen molar-refractivity contribution in [3.63, 3.8) is 0 Å². The summed E-state index contributed by atoms with van der Waals surface area (Å²) in [5, 5.41) is 7.69. The molecule has 3 aromatic rings. The van der Waals surface area contributed by atoms with Gasteiger partial charge in [0.2, 0.25) is 5.88 Å². The van der Waals surface area contributed by atoms with Gasteiger partial charge in [-0.15, -0.1) is 0 Å². The van der Waals surface area contributed by atoms with Crippen molar-refractivity contribution < 1.29 is 13.9 Å². The van der Waals surface area contributed by atoms with E-state index in [0.29, 0.717) is 36.8 Å². The van der Waals surface area contributed by atoms with Crippen LogP contribution in [0.4, 0.5) is 9.18 Å². The van der Waals surface area contributed by atoms with Crippen LogP contribution in [0.5, 0.6) is 11.6 Å². The highest BCUT2D eigenvalue weighted by Gasteiger charge is 2.34. The van der Waals surface area contributed by atoms with E-state index in [0.717, 1.165) is 24.1 Å². The van der Waals surface area contributed by atoms with Gasteiger partial charge in [0, 0.05) is 12.6 Å². The fourth-order valence-electron chi connectivity index (χ4n) is 3.56. The van der Waals surface area contributed by atoms with Gasteiger partial charge in [0.05, 0.1) is 23.5 Å². The lowest BCUT2D eigenvalue weighted by Crippen LogP contribution is -2.41. The van der Waals surface area contributed by atoms with Crippen LogP contribution in [0.1, 0.15) is 37.9 Å². The summed E-state index contributed by atoms with van der Waals surface area (Å²) in [7, 11) is 0. The molecule has 1 N–H and O–H groups in total. The van der Waals surface area contributed by atoms with Gasteiger partial charge in [0.25, 0.3) is 0 Å². The third-order valence-corrected chi connectivity index (χ3v) is 5.29. The molecule has 6 nitrogen and oxygen atoms in total. The molecule has 1 heterocycles. The Kier molecular flexibility index (Phi) is 6.21. The van der Waals surface area contributed by atoms with E-state index in [1.807, 2.05) is 49.1 Å². The molecule has 1 saturated carbocycles. The number of halogens is 1. The number of para-hydroxylation sites is 1. The summed E-state index contributed by atoms with van der Waals surface area (Å²) in [5.74, 6) is 0.906. The highest BCUT2D eigenvalue weighted by atomic mass is 19.1. The van der Waals surface area contributed by atoms with Crippen molar-refractivity contribution in [2.75, 3.05) is 6.54 Å². The number of nitrogens with one attached hydrogen (secondary N) is 1. The molecule has 0 bridgehead atoms. The van der Waals surface area contributed by atoms with Crippen molar-refractivity contribution in [1.29, 1.82) is 0 Å². The number of urea groups is 1. The second kappa shape index (κ2) is 9.20. The van der Waals surface area contributed by atoms with Crippen LogP contribution in [0.25, 0.3) is 5.69 Å². The van der Waals surface area contributed by atoms with Crippen LogP contribution in [0.3, 0.4) is 0 Å². The topological polar surface area (TPSA) is 59.4 Å². The number of amides is 2. The number of aryl methyl sites for hydroxylation is 1. The van der Waals surface area contributed by atoms with Gasteiger partial charge in [-0.3, -0.25) is 0 Å². The first-order valence-corrected chi connectivity index (χ1v) is 10.7. The summed E-state index contributed by atoms with van der Waals surface area (Å²) >= 11 is 0. The van der Waals surface area contributed by atoms with Crippen LogP contribution in [0, 0.1) is 5.82 Å². The Hall–Kier alpha value is -3.35. The molecule has 1 fully saturated rings. The maximum Gasteiger partial charge on any atom is 0.317 e. The van der Waals surface area contributed by atoms with Crippen LogP contribution in [0.2, 0.25) is 0 Å². The Bertz CT molecular complexity index is 1030. The Morgan fingerprint density at radius 1 is 1.16 bits per heavy atom. The van der Waals surface area contributed by atoms with Crippen LogP contribution >= 0.6 is 0 Å². The molecule has 0 spiro atoms. The van der Waals surface area contributed by atoms with E-state index < -0.39 is 0 Å². The van der Waals surface area contributed by atoms with Gasteiger partial charge in [-0.2, -0.15) is 5.10 Å². The highest BCUT2D eigenvalue weighted by molar-refractivity contribution is 5.75. The molecule has 31 heavy (non-hydrogen) atoms. The summed E-state index contributed by atoms with van der Waals surface area (Å²) in [6, 6.07) is 15.8. The number of rotatable bonds is 8. The number of hydrogen-bond acceptors (Lipinski definition) is 3. The average molecular weight is 423 g/mol. The number of benzene rings is 2. The van der Waals surface area contributed by atoms with Gasteiger partial charge in [0.1, 0.15) is 11.6 Å². The van der Waals surface area contributed by atoms with Crippen molar-refractivity contribution in [2.24, 2.45) is 0 Å². The second-order valence-electron chi connectivity index (χ2n) is 7.58. The molecule has 4 rings (SSSR count). The third kappa shape index (κ3) is 4.71. The highest BCUT2D eigenvalue weighted by Crippen LogP contribution is 2.35. The number of hydrogen-bond donors (Lipinski definition) is 1. The molecule has 2 aromatic carbocycles. The maximum atomic E-state index is 13.5. The molecule has 1 aliphatic rings. The van der Waals surface area contributed by atoms with E-state index >= 15 is 0 Å². The minimum Gasteiger partial charge on any atom is -0.439 e. The molecule has 2 amide bonds. The van der Waals surface area contributed by atoms with E-state index in [-0.39, 0.29) is 17.9 Å². The van der Waals surface area contributed by atoms with E-state index in [2.05, 4.69) is 5.32 Å². The summed E-state index contributed by atoms with van der Waals surface area (Å²) in [5.41, 5.74) is 2.42. The van der Waals surface area contributed by atoms with Gasteiger partial charge >= 0.3 is 6.03 Å². The molecule has 0 unspecified atom stereocenters. The van der Waals surface area contributed by atoms with Gasteiger partial charge in [0.15, 0.2) is 0 Å². The lowest BCUT2D eigenvalue weighted by Gasteiger charge is -2.23. The van der Waals surface area contributed by atoms with Gasteiger partial charge < -0.3 is 15.0 Å². The predicted octanol–water partition coefficient (Wildman–Crippen LogP) is 5.06. The number of aromatic nitrogens is 2. The first-order valence-electron chi connectivity index (χ1n) is 10.7. The maximum absolute atomic E-state index is 13.5. The molecule has 7 heteroatoms. The average Bonchev–Trinajstić information content (AvgIpc) is 3.56. The standard InChI is InChI=1S/C24H27FN4O2/c1-3-22-21(16-28(18-14-15-18)24(30)26-4-2)23(31-20-8-6-5-7-9-20)29(27-22)19-12-10-17(25)11-13-19/h5-13,18H,3-4,14-16H2,1-2H3,(H,26,30). The van der Waals surface area contributed by atoms with Crippen LogP contribution in [-0.2, 0) is 13.0 Å². The lowest BCUT2D eigenvalue weighted by molar-refractivity contribution is 0.192. The molecule has 1 aromatic heterocycles. The minimum absolute atomic E-state index is 0.0766. The summed E-state index contributed by atoms with van der Waals surface area (Å²) in [6.45, 7) is 4.92. The predicted molar refractivity (Wildman–Crippen MR) is 117 cm³/mol. The van der Waals surface area contributed by atoms with Crippen LogP contribution in [-0.4, -0.2) is 33.3 Å². The SMILES string of the molecule is CCNC(=O)N(Cc1c(CC)nn(-c2ccc(F)cc2)c1Oc1ccccc1)C1CC1. The van der Waals surface area contributed by atoms with Crippen molar-refractivity contribution in [2.45, 2.75) is 45.7 Å². The molecular weight excluding hydrogens is 395 g/mol. The molecule has 162 valence electrons. The van der Waals surface area contributed by atoms with Crippen molar-refractivity contribution in [1.82, 2.24) is 20.0 Å². The second-order valence-corrected chi connectivity index (χ2v) is 7.58. The third-order valence-electron chi connectivity index (χ3n) is 5.29. The fraction of sp³-hybridized carbons (Fsp3) is 0.333. The number of ether oxygens (including phenoxy) is 1. The first-order chi connectivity index (χ1) is 15.1. The van der Waals surface area contributed by atoms with Crippen LogP contribution < -0.4 is 10.1 Å². The molecule has 1 aliphatic carbocycles. The Balaban J connectivity index is 1.78. The zero-order valence-electron chi connectivity index (χ0n) is 17.8. The van der Waals surface area contributed by atoms with E-state index in [1.54, 1.807) is 16.8 Å². The van der Waals surface area contributed by atoms with Gasteiger partial charge in [-0.05, 0) is 62.6 Å². The number of nitrogens with zero attached hydrogens (tertiary/aromatic N) is 3. The molecular formula is C24H27FN4O2. The molecule has 0 saturated heterocycles. The number of carbonyl (C=O) groups excluding carboxylic acids is 1. The smallest absolute Gasteiger partial charge is 0.317 e. The molecule has 0 aliphatic heterocycles. The van der Waals surface area contributed by atoms with Gasteiger partial charge in [-0.25, -0.2) is 13.9 Å². The van der Waals surface area contributed by atoms with Crippen molar-refractivity contribution >= 4 is 6.03 Å². The van der Waals surface area contributed by atoms with E-state index in [9.17, 15) is 9.18 Å². The Morgan fingerprint density at radius 3 is 2.48 bits per heavy atom. The monoisotopic (exact) mass is 422 g/mol. The normalized spacial score (nSPS) is 13.1. The van der Waals surface area contributed by atoms with Crippen LogP contribution in [0.15, 0.2) is 54.6 Å². The molecule has 0 radical (unpaired) electrons. The first kappa shape index (κ1) is 20.9. The fourth-order valence-corrected chi connectivity index (χ4v) is 3.56. The van der Waals surface area contributed by atoms with Crippen molar-refractivity contribution in [3.8, 4) is 17.3 Å². The van der Waals surface area contributed by atoms with E-state index in [1.165, 1.54) is 12.1 Å². The van der Waals surface area contributed by atoms with Crippen molar-refractivity contribution in [3.05, 3.63) is 71.7 Å². The summed E-state index contributed by atoms with van der Waals surface area (Å²) < 4.78 is 21.5. The summed E-state index contributed by atoms with van der Waals surface area (Å²) in [6.07, 6.45) is 2.68. The Labute approximate surface area is 181 Å². The number of carbonyl (C=O) groups is 1. The van der Waals surface area contributed by atoms with Gasteiger partial charge in [-0.1, -0.05) is 25.1 Å². The minimum atomic E-state index is -0.312. The quantitative estimate of drug-likeness (QED) is 0.552. The molecule has 0 atom stereocenters. The zero-order valence-corrected chi connectivity index (χ0v) is 17.8.